The molecule has 5 heteroatoms. The number of aryl methyl sites for hydroxylation is 1. The number of hydrogen-bond donors (Lipinski definition) is 2. The van der Waals surface area contributed by atoms with Crippen molar-refractivity contribution in [3.63, 3.8) is 0 Å². The fraction of sp³-hybridized carbons (Fsp3) is 0.538. The molecule has 0 heterocycles. The summed E-state index contributed by atoms with van der Waals surface area (Å²) >= 11 is 6.11. The molecule has 102 valence electrons. The van der Waals surface area contributed by atoms with E-state index in [0.717, 1.165) is 24.2 Å². The van der Waals surface area contributed by atoms with Gasteiger partial charge in [0.05, 0.1) is 19.2 Å². The van der Waals surface area contributed by atoms with E-state index in [1.54, 1.807) is 20.3 Å². The molecule has 0 unspecified atom stereocenters. The number of rotatable bonds is 7. The number of methoxy groups -OCH3 is 2. The Morgan fingerprint density at radius 1 is 1.11 bits per heavy atom. The number of halogens is 1. The summed E-state index contributed by atoms with van der Waals surface area (Å²) in [5.74, 6) is 1.73. The Bertz CT molecular complexity index is 381. The van der Waals surface area contributed by atoms with E-state index in [0.29, 0.717) is 29.8 Å². The molecule has 1 rings (SSSR count). The van der Waals surface area contributed by atoms with Crippen LogP contribution in [0.3, 0.4) is 0 Å². The van der Waals surface area contributed by atoms with E-state index in [-0.39, 0.29) is 0 Å². The van der Waals surface area contributed by atoms with E-state index >= 15 is 0 Å². The fourth-order valence-corrected chi connectivity index (χ4v) is 2.07. The van der Waals surface area contributed by atoms with Crippen molar-refractivity contribution in [2.45, 2.75) is 12.8 Å². The third kappa shape index (κ3) is 3.77. The van der Waals surface area contributed by atoms with E-state index in [9.17, 15) is 0 Å². The number of ether oxygens (including phenoxy) is 2. The third-order valence-corrected chi connectivity index (χ3v) is 3.34. The van der Waals surface area contributed by atoms with Gasteiger partial charge in [-0.1, -0.05) is 11.6 Å². The van der Waals surface area contributed by atoms with Crippen LogP contribution in [0.4, 0.5) is 0 Å². The van der Waals surface area contributed by atoms with Crippen molar-refractivity contribution in [2.75, 3.05) is 27.3 Å². The van der Waals surface area contributed by atoms with Gasteiger partial charge in [-0.3, -0.25) is 0 Å². The second-order valence-corrected chi connectivity index (χ2v) is 4.58. The summed E-state index contributed by atoms with van der Waals surface area (Å²) in [6.07, 6.45) is 1.76. The smallest absolute Gasteiger partial charge is 0.141 e. The van der Waals surface area contributed by atoms with Gasteiger partial charge in [-0.15, -0.1) is 0 Å². The normalized spacial score (nSPS) is 10.8. The van der Waals surface area contributed by atoms with Crippen LogP contribution in [0.2, 0.25) is 5.02 Å². The molecule has 4 nitrogen and oxygen atoms in total. The van der Waals surface area contributed by atoms with Crippen molar-refractivity contribution in [1.29, 1.82) is 0 Å². The van der Waals surface area contributed by atoms with Crippen LogP contribution in [0.15, 0.2) is 12.1 Å². The summed E-state index contributed by atoms with van der Waals surface area (Å²) in [5, 5.41) is 0.588. The maximum absolute atomic E-state index is 6.11. The molecule has 0 fully saturated rings. The molecule has 1 aromatic rings. The summed E-state index contributed by atoms with van der Waals surface area (Å²) in [4.78, 5) is 0. The lowest BCUT2D eigenvalue weighted by atomic mass is 9.99. The molecule has 0 aliphatic heterocycles. The highest BCUT2D eigenvalue weighted by Gasteiger charge is 2.12. The Kier molecular flexibility index (Phi) is 6.25. The molecular weight excluding hydrogens is 252 g/mol. The molecule has 0 aliphatic carbocycles. The zero-order chi connectivity index (χ0) is 13.5. The van der Waals surface area contributed by atoms with E-state index < -0.39 is 0 Å². The second kappa shape index (κ2) is 7.46. The van der Waals surface area contributed by atoms with Gasteiger partial charge < -0.3 is 20.9 Å². The topological polar surface area (TPSA) is 70.5 Å². The first-order valence-corrected chi connectivity index (χ1v) is 6.34. The Morgan fingerprint density at radius 2 is 1.72 bits per heavy atom. The highest BCUT2D eigenvalue weighted by Crippen LogP contribution is 2.33. The van der Waals surface area contributed by atoms with Crippen LogP contribution in [0.5, 0.6) is 11.5 Å². The zero-order valence-corrected chi connectivity index (χ0v) is 11.7. The molecule has 18 heavy (non-hydrogen) atoms. The van der Waals surface area contributed by atoms with Crippen LogP contribution in [0, 0.1) is 5.92 Å². The Balaban J connectivity index is 2.84. The lowest BCUT2D eigenvalue weighted by Crippen LogP contribution is -2.23. The van der Waals surface area contributed by atoms with Crippen molar-refractivity contribution < 1.29 is 9.47 Å². The van der Waals surface area contributed by atoms with Crippen molar-refractivity contribution in [3.05, 3.63) is 22.7 Å². The van der Waals surface area contributed by atoms with Gasteiger partial charge in [0, 0.05) is 6.07 Å². The van der Waals surface area contributed by atoms with Crippen molar-refractivity contribution in [2.24, 2.45) is 17.4 Å². The Labute approximate surface area is 113 Å². The highest BCUT2D eigenvalue weighted by atomic mass is 35.5. The predicted molar refractivity (Wildman–Crippen MR) is 74.5 cm³/mol. The van der Waals surface area contributed by atoms with Gasteiger partial charge in [-0.25, -0.2) is 0 Å². The average molecular weight is 273 g/mol. The van der Waals surface area contributed by atoms with Crippen molar-refractivity contribution in [3.8, 4) is 11.5 Å². The quantitative estimate of drug-likeness (QED) is 0.794. The molecular formula is C13H21ClN2O2. The second-order valence-electron chi connectivity index (χ2n) is 4.17. The van der Waals surface area contributed by atoms with Gasteiger partial charge in [0.2, 0.25) is 0 Å². The molecule has 0 bridgehead atoms. The predicted octanol–water partition coefficient (Wildman–Crippen LogP) is 1.82. The number of hydrogen-bond acceptors (Lipinski definition) is 4. The summed E-state index contributed by atoms with van der Waals surface area (Å²) in [6, 6.07) is 3.68. The summed E-state index contributed by atoms with van der Waals surface area (Å²) < 4.78 is 10.5. The molecule has 1 aromatic carbocycles. The first kappa shape index (κ1) is 15.1. The van der Waals surface area contributed by atoms with Gasteiger partial charge >= 0.3 is 0 Å². The SMILES string of the molecule is COc1cc(OC)c(CCC(CN)CN)cc1Cl. The molecule has 0 spiro atoms. The molecule has 0 amide bonds. The lowest BCUT2D eigenvalue weighted by molar-refractivity contribution is 0.389. The largest absolute Gasteiger partial charge is 0.496 e. The Hall–Kier alpha value is -0.970. The van der Waals surface area contributed by atoms with E-state index in [2.05, 4.69) is 0 Å². The molecule has 0 aromatic heterocycles. The van der Waals surface area contributed by atoms with E-state index in [4.69, 9.17) is 32.5 Å². The molecule has 0 saturated carbocycles. The van der Waals surface area contributed by atoms with Crippen LogP contribution < -0.4 is 20.9 Å². The minimum Gasteiger partial charge on any atom is -0.496 e. The van der Waals surface area contributed by atoms with Gasteiger partial charge in [0.1, 0.15) is 11.5 Å². The summed E-state index contributed by atoms with van der Waals surface area (Å²) in [6.45, 7) is 1.20. The average Bonchev–Trinajstić information content (AvgIpc) is 2.40. The maximum Gasteiger partial charge on any atom is 0.141 e. The summed E-state index contributed by atoms with van der Waals surface area (Å²) in [7, 11) is 3.22. The van der Waals surface area contributed by atoms with Crippen LogP contribution in [0.1, 0.15) is 12.0 Å². The zero-order valence-electron chi connectivity index (χ0n) is 10.9. The number of nitrogens with two attached hydrogens (primary N) is 2. The first-order valence-electron chi connectivity index (χ1n) is 5.96. The minimum atomic E-state index is 0.329. The van der Waals surface area contributed by atoms with Crippen LogP contribution >= 0.6 is 11.6 Å². The van der Waals surface area contributed by atoms with E-state index in [1.165, 1.54) is 0 Å². The van der Waals surface area contributed by atoms with Gasteiger partial charge in [-0.05, 0) is 43.5 Å². The van der Waals surface area contributed by atoms with Crippen molar-refractivity contribution >= 4 is 11.6 Å². The van der Waals surface area contributed by atoms with Crippen LogP contribution in [0.25, 0.3) is 0 Å². The molecule has 0 aliphatic rings. The summed E-state index contributed by atoms with van der Waals surface area (Å²) in [5.41, 5.74) is 12.3. The maximum atomic E-state index is 6.11. The third-order valence-electron chi connectivity index (χ3n) is 3.04. The highest BCUT2D eigenvalue weighted by molar-refractivity contribution is 6.32. The monoisotopic (exact) mass is 272 g/mol. The molecule has 4 N–H and O–H groups in total. The van der Waals surface area contributed by atoms with Crippen molar-refractivity contribution in [1.82, 2.24) is 0 Å². The van der Waals surface area contributed by atoms with Crippen LogP contribution in [-0.2, 0) is 6.42 Å². The standard InChI is InChI=1S/C13H21ClN2O2/c1-17-12-6-13(18-2)11(14)5-10(12)4-3-9(7-15)8-16/h5-6,9H,3-4,7-8,15-16H2,1-2H3. The first-order chi connectivity index (χ1) is 8.65. The molecule has 0 atom stereocenters. The van der Waals surface area contributed by atoms with Gasteiger partial charge in [0.15, 0.2) is 0 Å². The van der Waals surface area contributed by atoms with Crippen LogP contribution in [-0.4, -0.2) is 27.3 Å². The molecule has 0 saturated heterocycles. The van der Waals surface area contributed by atoms with E-state index in [1.807, 2.05) is 6.07 Å². The Morgan fingerprint density at radius 3 is 2.22 bits per heavy atom. The lowest BCUT2D eigenvalue weighted by Gasteiger charge is -2.15. The minimum absolute atomic E-state index is 0.329. The van der Waals surface area contributed by atoms with Gasteiger partial charge in [-0.2, -0.15) is 0 Å². The number of benzene rings is 1. The molecule has 0 radical (unpaired) electrons. The fourth-order valence-electron chi connectivity index (χ4n) is 1.81. The van der Waals surface area contributed by atoms with Gasteiger partial charge in [0.25, 0.3) is 0 Å².